The summed E-state index contributed by atoms with van der Waals surface area (Å²) >= 11 is 0. The van der Waals surface area contributed by atoms with Crippen molar-refractivity contribution in [2.24, 2.45) is 5.92 Å². The van der Waals surface area contributed by atoms with E-state index >= 15 is 0 Å². The molecule has 0 heterocycles. The Balaban J connectivity index is 2.10. The standard InChI is InChI=1S/C14H18ClNO3S/c1-2-16(10-11-4-3-5-11)14(17)12-6-8-13(9-7-12)20(15,18)19/h6-9,11H,2-5,10H2,1H3. The van der Waals surface area contributed by atoms with E-state index < -0.39 is 9.05 Å². The molecule has 1 aromatic rings. The van der Waals surface area contributed by atoms with Crippen molar-refractivity contribution in [3.8, 4) is 0 Å². The van der Waals surface area contributed by atoms with Gasteiger partial charge in [-0.1, -0.05) is 6.42 Å². The van der Waals surface area contributed by atoms with Gasteiger partial charge in [0.05, 0.1) is 4.90 Å². The first-order valence-corrected chi connectivity index (χ1v) is 9.06. The molecule has 6 heteroatoms. The van der Waals surface area contributed by atoms with E-state index in [4.69, 9.17) is 10.7 Å². The van der Waals surface area contributed by atoms with Gasteiger partial charge in [0.25, 0.3) is 15.0 Å². The van der Waals surface area contributed by atoms with Crippen molar-refractivity contribution >= 4 is 25.6 Å². The average Bonchev–Trinajstić information content (AvgIpc) is 2.36. The Morgan fingerprint density at radius 1 is 1.30 bits per heavy atom. The molecule has 0 aromatic heterocycles. The van der Waals surface area contributed by atoms with Crippen molar-refractivity contribution in [2.45, 2.75) is 31.1 Å². The van der Waals surface area contributed by atoms with Gasteiger partial charge in [-0.2, -0.15) is 0 Å². The zero-order chi connectivity index (χ0) is 14.8. The number of halogens is 1. The van der Waals surface area contributed by atoms with E-state index in [1.54, 1.807) is 0 Å². The van der Waals surface area contributed by atoms with E-state index in [2.05, 4.69) is 0 Å². The highest BCUT2D eigenvalue weighted by atomic mass is 35.7. The summed E-state index contributed by atoms with van der Waals surface area (Å²) in [5.74, 6) is 0.555. The summed E-state index contributed by atoms with van der Waals surface area (Å²) in [5, 5.41) is 0. The number of carbonyl (C=O) groups excluding carboxylic acids is 1. The van der Waals surface area contributed by atoms with Gasteiger partial charge in [0.2, 0.25) is 0 Å². The molecule has 0 bridgehead atoms. The Labute approximate surface area is 124 Å². The fourth-order valence-electron chi connectivity index (χ4n) is 2.29. The first-order valence-electron chi connectivity index (χ1n) is 6.76. The average molecular weight is 316 g/mol. The highest BCUT2D eigenvalue weighted by Gasteiger charge is 2.23. The van der Waals surface area contributed by atoms with Crippen molar-refractivity contribution in [1.82, 2.24) is 4.90 Å². The van der Waals surface area contributed by atoms with Crippen molar-refractivity contribution in [3.63, 3.8) is 0 Å². The molecule has 20 heavy (non-hydrogen) atoms. The predicted octanol–water partition coefficient (Wildman–Crippen LogP) is 2.88. The summed E-state index contributed by atoms with van der Waals surface area (Å²) in [5.41, 5.74) is 0.496. The van der Waals surface area contributed by atoms with E-state index in [0.29, 0.717) is 18.0 Å². The van der Waals surface area contributed by atoms with Crippen LogP contribution in [-0.4, -0.2) is 32.3 Å². The normalized spacial score (nSPS) is 15.7. The van der Waals surface area contributed by atoms with E-state index in [1.807, 2.05) is 11.8 Å². The SMILES string of the molecule is CCN(CC1CCC1)C(=O)c1ccc(S(=O)(=O)Cl)cc1. The second-order valence-electron chi connectivity index (χ2n) is 5.10. The molecule has 2 rings (SSSR count). The zero-order valence-corrected chi connectivity index (χ0v) is 13.0. The molecule has 0 unspecified atom stereocenters. The van der Waals surface area contributed by atoms with Gasteiger partial charge in [-0.15, -0.1) is 0 Å². The van der Waals surface area contributed by atoms with Gasteiger partial charge >= 0.3 is 0 Å². The highest BCUT2D eigenvalue weighted by molar-refractivity contribution is 8.13. The summed E-state index contributed by atoms with van der Waals surface area (Å²) in [4.78, 5) is 14.2. The van der Waals surface area contributed by atoms with Crippen LogP contribution in [0.4, 0.5) is 0 Å². The van der Waals surface area contributed by atoms with E-state index in [1.165, 1.54) is 43.5 Å². The lowest BCUT2D eigenvalue weighted by Crippen LogP contribution is -2.37. The summed E-state index contributed by atoms with van der Waals surface area (Å²) in [7, 11) is 1.51. The Bertz CT molecular complexity index is 579. The fraction of sp³-hybridized carbons (Fsp3) is 0.500. The maximum atomic E-state index is 12.4. The van der Waals surface area contributed by atoms with Gasteiger partial charge in [-0.25, -0.2) is 8.42 Å². The molecule has 1 aromatic carbocycles. The lowest BCUT2D eigenvalue weighted by atomic mass is 9.85. The number of hydrogen-bond donors (Lipinski definition) is 0. The molecule has 4 nitrogen and oxygen atoms in total. The molecule has 0 radical (unpaired) electrons. The van der Waals surface area contributed by atoms with E-state index in [9.17, 15) is 13.2 Å². The van der Waals surface area contributed by atoms with Crippen LogP contribution < -0.4 is 0 Å². The molecule has 1 aliphatic rings. The quantitative estimate of drug-likeness (QED) is 0.785. The summed E-state index contributed by atoms with van der Waals surface area (Å²) in [6.45, 7) is 3.39. The smallest absolute Gasteiger partial charge is 0.261 e. The van der Waals surface area contributed by atoms with Crippen molar-refractivity contribution in [3.05, 3.63) is 29.8 Å². The van der Waals surface area contributed by atoms with Crippen LogP contribution in [-0.2, 0) is 9.05 Å². The van der Waals surface area contributed by atoms with Gasteiger partial charge in [0.1, 0.15) is 0 Å². The van der Waals surface area contributed by atoms with Crippen LogP contribution in [0.15, 0.2) is 29.2 Å². The van der Waals surface area contributed by atoms with Gasteiger partial charge in [-0.05, 0) is 49.9 Å². The number of rotatable bonds is 5. The Morgan fingerprint density at radius 3 is 2.30 bits per heavy atom. The molecule has 0 atom stereocenters. The first-order chi connectivity index (χ1) is 9.41. The molecular weight excluding hydrogens is 298 g/mol. The summed E-state index contributed by atoms with van der Waals surface area (Å²) < 4.78 is 22.3. The maximum Gasteiger partial charge on any atom is 0.261 e. The molecule has 0 aliphatic heterocycles. The van der Waals surface area contributed by atoms with Crippen LogP contribution in [0.3, 0.4) is 0 Å². The number of nitrogens with zero attached hydrogens (tertiary/aromatic N) is 1. The molecular formula is C14H18ClNO3S. The lowest BCUT2D eigenvalue weighted by Gasteiger charge is -2.31. The van der Waals surface area contributed by atoms with Crippen LogP contribution in [0.1, 0.15) is 36.5 Å². The van der Waals surface area contributed by atoms with Crippen LogP contribution in [0, 0.1) is 5.92 Å². The Hall–Kier alpha value is -1.07. The second-order valence-corrected chi connectivity index (χ2v) is 7.67. The van der Waals surface area contributed by atoms with Crippen molar-refractivity contribution in [2.75, 3.05) is 13.1 Å². The van der Waals surface area contributed by atoms with Crippen molar-refractivity contribution < 1.29 is 13.2 Å². The van der Waals surface area contributed by atoms with Gasteiger partial charge in [0, 0.05) is 29.3 Å². The highest BCUT2D eigenvalue weighted by Crippen LogP contribution is 2.27. The summed E-state index contributed by atoms with van der Waals surface area (Å²) in [6, 6.07) is 5.77. The molecule has 0 saturated heterocycles. The van der Waals surface area contributed by atoms with Gasteiger partial charge < -0.3 is 4.90 Å². The second kappa shape index (κ2) is 6.14. The van der Waals surface area contributed by atoms with Crippen LogP contribution in [0.2, 0.25) is 0 Å². The lowest BCUT2D eigenvalue weighted by molar-refractivity contribution is 0.0706. The van der Waals surface area contributed by atoms with Crippen LogP contribution in [0.25, 0.3) is 0 Å². The van der Waals surface area contributed by atoms with Crippen molar-refractivity contribution in [1.29, 1.82) is 0 Å². The Kier molecular flexibility index (Phi) is 4.70. The third kappa shape index (κ3) is 3.52. The molecule has 1 saturated carbocycles. The number of hydrogen-bond acceptors (Lipinski definition) is 3. The Morgan fingerprint density at radius 2 is 1.90 bits per heavy atom. The first kappa shape index (κ1) is 15.3. The molecule has 110 valence electrons. The molecule has 1 amide bonds. The van der Waals surface area contributed by atoms with Crippen LogP contribution in [0.5, 0.6) is 0 Å². The maximum absolute atomic E-state index is 12.4. The minimum atomic E-state index is -3.74. The van der Waals surface area contributed by atoms with E-state index in [-0.39, 0.29) is 10.8 Å². The number of carbonyl (C=O) groups is 1. The molecule has 1 aliphatic carbocycles. The van der Waals surface area contributed by atoms with Gasteiger partial charge in [-0.3, -0.25) is 4.79 Å². The van der Waals surface area contributed by atoms with E-state index in [0.717, 1.165) is 6.54 Å². The minimum Gasteiger partial charge on any atom is -0.339 e. The fourth-order valence-corrected chi connectivity index (χ4v) is 3.06. The monoisotopic (exact) mass is 315 g/mol. The predicted molar refractivity (Wildman–Crippen MR) is 78.4 cm³/mol. The third-order valence-electron chi connectivity index (χ3n) is 3.76. The number of amides is 1. The largest absolute Gasteiger partial charge is 0.339 e. The summed E-state index contributed by atoms with van der Waals surface area (Å²) in [6.07, 6.45) is 3.62. The molecule has 1 fully saturated rings. The minimum absolute atomic E-state index is 0.0118. The number of benzene rings is 1. The topological polar surface area (TPSA) is 54.5 Å². The molecule has 0 spiro atoms. The van der Waals surface area contributed by atoms with Gasteiger partial charge in [0.15, 0.2) is 0 Å². The zero-order valence-electron chi connectivity index (χ0n) is 11.4. The third-order valence-corrected chi connectivity index (χ3v) is 5.12. The van der Waals surface area contributed by atoms with Crippen LogP contribution >= 0.6 is 10.7 Å². The molecule has 0 N–H and O–H groups in total.